The summed E-state index contributed by atoms with van der Waals surface area (Å²) >= 11 is 1.27. The number of para-hydroxylation sites is 2. The molecule has 1 aromatic heterocycles. The summed E-state index contributed by atoms with van der Waals surface area (Å²) < 4.78 is 6.77. The fourth-order valence-electron chi connectivity index (χ4n) is 3.38. The van der Waals surface area contributed by atoms with Gasteiger partial charge in [-0.1, -0.05) is 62.9 Å². The Bertz CT molecular complexity index is 1120. The topological polar surface area (TPSA) is 73.2 Å². The van der Waals surface area contributed by atoms with Gasteiger partial charge in [0.15, 0.2) is 5.16 Å². The van der Waals surface area contributed by atoms with E-state index in [9.17, 15) is 9.59 Å². The molecule has 3 aromatic rings. The van der Waals surface area contributed by atoms with Gasteiger partial charge in [0.1, 0.15) is 0 Å². The molecule has 0 fully saturated rings. The van der Waals surface area contributed by atoms with Crippen LogP contribution in [0.1, 0.15) is 32.8 Å². The molecule has 0 saturated carbocycles. The zero-order valence-electron chi connectivity index (χ0n) is 18.5. The van der Waals surface area contributed by atoms with E-state index in [0.717, 1.165) is 11.3 Å². The van der Waals surface area contributed by atoms with Crippen molar-refractivity contribution in [3.05, 3.63) is 64.4 Å². The Morgan fingerprint density at radius 1 is 1.13 bits per heavy atom. The molecule has 0 saturated heterocycles. The molecule has 0 bridgehead atoms. The van der Waals surface area contributed by atoms with Crippen LogP contribution >= 0.6 is 11.8 Å². The van der Waals surface area contributed by atoms with E-state index in [-0.39, 0.29) is 22.6 Å². The number of hydrogen-bond donors (Lipinski definition) is 1. The van der Waals surface area contributed by atoms with Gasteiger partial charge in [-0.2, -0.15) is 0 Å². The van der Waals surface area contributed by atoms with Gasteiger partial charge in [0.2, 0.25) is 5.91 Å². The number of carbonyl (C=O) groups excluding carboxylic acids is 1. The van der Waals surface area contributed by atoms with Crippen molar-refractivity contribution in [2.24, 2.45) is 0 Å². The fraction of sp³-hybridized carbons (Fsp3) is 0.375. The lowest BCUT2D eigenvalue weighted by Crippen LogP contribution is -2.25. The highest BCUT2D eigenvalue weighted by atomic mass is 32.2. The summed E-state index contributed by atoms with van der Waals surface area (Å²) in [5, 5.41) is 4.13. The van der Waals surface area contributed by atoms with E-state index in [0.29, 0.717) is 35.6 Å². The number of ether oxygens (including phenoxy) is 1. The summed E-state index contributed by atoms with van der Waals surface area (Å²) in [5.41, 5.74) is 2.34. The standard InChI is InChI=1S/C24H29N3O3S/c1-24(2,3)18-11-6-8-13-20(18)25-21(28)16-31-23-26-19-12-7-5-10-17(19)22(29)27(23)14-9-15-30-4/h5-8,10-13H,9,14-16H2,1-4H3,(H,25,28). The summed E-state index contributed by atoms with van der Waals surface area (Å²) in [6, 6.07) is 15.1. The third-order valence-corrected chi connectivity index (χ3v) is 5.87. The van der Waals surface area contributed by atoms with Crippen molar-refractivity contribution in [2.75, 3.05) is 24.8 Å². The van der Waals surface area contributed by atoms with Gasteiger partial charge >= 0.3 is 0 Å². The molecule has 0 atom stereocenters. The number of hydrogen-bond acceptors (Lipinski definition) is 5. The minimum atomic E-state index is -0.132. The number of carbonyl (C=O) groups is 1. The predicted molar refractivity (Wildman–Crippen MR) is 127 cm³/mol. The fourth-order valence-corrected chi connectivity index (χ4v) is 4.21. The summed E-state index contributed by atoms with van der Waals surface area (Å²) in [6.45, 7) is 7.38. The second-order valence-electron chi connectivity index (χ2n) is 8.35. The van der Waals surface area contributed by atoms with Crippen LogP contribution in [-0.2, 0) is 21.5 Å². The van der Waals surface area contributed by atoms with E-state index < -0.39 is 0 Å². The maximum Gasteiger partial charge on any atom is 0.262 e. The zero-order chi connectivity index (χ0) is 22.4. The van der Waals surface area contributed by atoms with Crippen molar-refractivity contribution in [3.63, 3.8) is 0 Å². The van der Waals surface area contributed by atoms with Crippen LogP contribution in [0.15, 0.2) is 58.5 Å². The van der Waals surface area contributed by atoms with Gasteiger partial charge in [0.05, 0.1) is 16.7 Å². The highest BCUT2D eigenvalue weighted by molar-refractivity contribution is 7.99. The maximum absolute atomic E-state index is 13.0. The first-order chi connectivity index (χ1) is 14.8. The molecule has 0 unspecified atom stereocenters. The molecule has 164 valence electrons. The van der Waals surface area contributed by atoms with Crippen LogP contribution in [-0.4, -0.2) is 34.9 Å². The van der Waals surface area contributed by atoms with Crippen LogP contribution in [0.25, 0.3) is 10.9 Å². The lowest BCUT2D eigenvalue weighted by molar-refractivity contribution is -0.113. The van der Waals surface area contributed by atoms with Crippen molar-refractivity contribution in [1.82, 2.24) is 9.55 Å². The van der Waals surface area contributed by atoms with E-state index in [1.54, 1.807) is 17.7 Å². The van der Waals surface area contributed by atoms with Gasteiger partial charge < -0.3 is 10.1 Å². The number of rotatable bonds is 8. The smallest absolute Gasteiger partial charge is 0.262 e. The molecule has 7 heteroatoms. The molecular formula is C24H29N3O3S. The number of benzene rings is 2. The SMILES string of the molecule is COCCCn1c(SCC(=O)Nc2ccccc2C(C)(C)C)nc2ccccc2c1=O. The Balaban J connectivity index is 1.81. The summed E-state index contributed by atoms with van der Waals surface area (Å²) in [7, 11) is 1.64. The molecule has 1 amide bonds. The number of nitrogens with one attached hydrogen (secondary N) is 1. The molecular weight excluding hydrogens is 410 g/mol. The summed E-state index contributed by atoms with van der Waals surface area (Å²) in [5.74, 6) is 0.0284. The molecule has 0 radical (unpaired) electrons. The van der Waals surface area contributed by atoms with E-state index in [1.807, 2.05) is 42.5 Å². The molecule has 1 N–H and O–H groups in total. The quantitative estimate of drug-likeness (QED) is 0.319. The lowest BCUT2D eigenvalue weighted by atomic mass is 9.86. The molecule has 1 heterocycles. The number of thioether (sulfide) groups is 1. The van der Waals surface area contributed by atoms with Crippen LogP contribution in [0, 0.1) is 0 Å². The largest absolute Gasteiger partial charge is 0.385 e. The van der Waals surface area contributed by atoms with Crippen LogP contribution in [0.4, 0.5) is 5.69 Å². The van der Waals surface area contributed by atoms with E-state index in [1.165, 1.54) is 11.8 Å². The van der Waals surface area contributed by atoms with Gasteiger partial charge in [0.25, 0.3) is 5.56 Å². The van der Waals surface area contributed by atoms with Crippen LogP contribution in [0.3, 0.4) is 0 Å². The summed E-state index contributed by atoms with van der Waals surface area (Å²) in [4.78, 5) is 30.4. The predicted octanol–water partition coefficient (Wildman–Crippen LogP) is 4.46. The first-order valence-electron chi connectivity index (χ1n) is 10.3. The number of aromatic nitrogens is 2. The van der Waals surface area contributed by atoms with Crippen molar-refractivity contribution in [3.8, 4) is 0 Å². The van der Waals surface area contributed by atoms with Gasteiger partial charge in [0, 0.05) is 25.9 Å². The second kappa shape index (κ2) is 10.1. The van der Waals surface area contributed by atoms with Crippen molar-refractivity contribution in [2.45, 2.75) is 44.3 Å². The monoisotopic (exact) mass is 439 g/mol. The Kier molecular flexibility index (Phi) is 7.51. The normalized spacial score (nSPS) is 11.6. The average Bonchev–Trinajstić information content (AvgIpc) is 2.74. The molecule has 31 heavy (non-hydrogen) atoms. The van der Waals surface area contributed by atoms with E-state index in [2.05, 4.69) is 31.1 Å². The van der Waals surface area contributed by atoms with Crippen molar-refractivity contribution < 1.29 is 9.53 Å². The minimum Gasteiger partial charge on any atom is -0.385 e. The van der Waals surface area contributed by atoms with E-state index >= 15 is 0 Å². The average molecular weight is 440 g/mol. The Hall–Kier alpha value is -2.64. The van der Waals surface area contributed by atoms with Gasteiger partial charge in [-0.25, -0.2) is 4.98 Å². The first-order valence-corrected chi connectivity index (χ1v) is 11.3. The van der Waals surface area contributed by atoms with Crippen molar-refractivity contribution in [1.29, 1.82) is 0 Å². The molecule has 2 aromatic carbocycles. The Morgan fingerprint density at radius 2 is 1.84 bits per heavy atom. The Labute approximate surface area is 187 Å². The molecule has 0 spiro atoms. The number of anilines is 1. The van der Waals surface area contributed by atoms with Crippen molar-refractivity contribution >= 4 is 34.3 Å². The number of amides is 1. The molecule has 0 aliphatic rings. The number of fused-ring (bicyclic) bond motifs is 1. The zero-order valence-corrected chi connectivity index (χ0v) is 19.3. The van der Waals surface area contributed by atoms with Gasteiger partial charge in [-0.05, 0) is 35.6 Å². The van der Waals surface area contributed by atoms with Gasteiger partial charge in [-0.15, -0.1) is 0 Å². The number of methoxy groups -OCH3 is 1. The highest BCUT2D eigenvalue weighted by Gasteiger charge is 2.19. The highest BCUT2D eigenvalue weighted by Crippen LogP contribution is 2.29. The Morgan fingerprint density at radius 3 is 2.58 bits per heavy atom. The summed E-state index contributed by atoms with van der Waals surface area (Å²) in [6.07, 6.45) is 0.690. The molecule has 3 rings (SSSR count). The maximum atomic E-state index is 13.0. The molecule has 0 aliphatic heterocycles. The number of nitrogens with zero attached hydrogens (tertiary/aromatic N) is 2. The first kappa shape index (κ1) is 23.0. The molecule has 0 aliphatic carbocycles. The van der Waals surface area contributed by atoms with Crippen LogP contribution in [0.5, 0.6) is 0 Å². The van der Waals surface area contributed by atoms with E-state index in [4.69, 9.17) is 4.74 Å². The van der Waals surface area contributed by atoms with Crippen LogP contribution in [0.2, 0.25) is 0 Å². The third-order valence-electron chi connectivity index (χ3n) is 4.90. The minimum absolute atomic E-state index is 0.0846. The lowest BCUT2D eigenvalue weighted by Gasteiger charge is -2.23. The molecule has 6 nitrogen and oxygen atoms in total. The second-order valence-corrected chi connectivity index (χ2v) is 9.29. The third kappa shape index (κ3) is 5.74. The van der Waals surface area contributed by atoms with Gasteiger partial charge in [-0.3, -0.25) is 14.2 Å². The van der Waals surface area contributed by atoms with Crippen LogP contribution < -0.4 is 10.9 Å².